The van der Waals surface area contributed by atoms with Gasteiger partial charge in [0, 0.05) is 25.6 Å². The Morgan fingerprint density at radius 1 is 1.11 bits per heavy atom. The van der Waals surface area contributed by atoms with Crippen LogP contribution in [0.15, 0.2) is 48.5 Å². The first-order valence-electron chi connectivity index (χ1n) is 9.00. The van der Waals surface area contributed by atoms with Crippen LogP contribution in [0.4, 0.5) is 5.13 Å². The third-order valence-electron chi connectivity index (χ3n) is 4.36. The number of anilines is 1. The van der Waals surface area contributed by atoms with Gasteiger partial charge < -0.3 is 9.64 Å². The number of amides is 1. The second-order valence-electron chi connectivity index (χ2n) is 6.66. The zero-order chi connectivity index (χ0) is 19.2. The molecule has 2 aromatic carbocycles. The summed E-state index contributed by atoms with van der Waals surface area (Å²) in [5.41, 5.74) is 2.03. The molecule has 1 aromatic heterocycles. The Kier molecular flexibility index (Phi) is 8.23. The lowest BCUT2D eigenvalue weighted by molar-refractivity contribution is -0.118. The fourth-order valence-corrected chi connectivity index (χ4v) is 3.78. The number of aryl methyl sites for hydroxylation is 1. The highest BCUT2D eigenvalue weighted by molar-refractivity contribution is 7.22. The molecule has 1 heterocycles. The average molecular weight is 420 g/mol. The number of likely N-dealkylation sites (N-methyl/N-ethyl adjacent to an activating group) is 1. The number of aromatic nitrogens is 1. The summed E-state index contributed by atoms with van der Waals surface area (Å²) in [6.45, 7) is 1.41. The van der Waals surface area contributed by atoms with Gasteiger partial charge in [0.25, 0.3) is 0 Å². The van der Waals surface area contributed by atoms with E-state index in [0.29, 0.717) is 13.0 Å². The molecule has 150 valence electrons. The van der Waals surface area contributed by atoms with Crippen LogP contribution in [-0.2, 0) is 11.2 Å². The first kappa shape index (κ1) is 22.1. The minimum Gasteiger partial charge on any atom is -0.497 e. The molecule has 0 unspecified atom stereocenters. The lowest BCUT2D eigenvalue weighted by Gasteiger charge is -2.22. The number of rotatable bonds is 8. The largest absolute Gasteiger partial charge is 0.497 e. The van der Waals surface area contributed by atoms with Crippen LogP contribution in [0.5, 0.6) is 5.75 Å². The van der Waals surface area contributed by atoms with Gasteiger partial charge in [0.1, 0.15) is 5.75 Å². The van der Waals surface area contributed by atoms with Gasteiger partial charge in [-0.1, -0.05) is 41.7 Å². The maximum atomic E-state index is 13.0. The van der Waals surface area contributed by atoms with Crippen molar-refractivity contribution in [1.82, 2.24) is 9.88 Å². The molecule has 28 heavy (non-hydrogen) atoms. The summed E-state index contributed by atoms with van der Waals surface area (Å²) in [6, 6.07) is 15.9. The van der Waals surface area contributed by atoms with Gasteiger partial charge in [-0.2, -0.15) is 0 Å². The molecule has 0 radical (unpaired) electrons. The van der Waals surface area contributed by atoms with Crippen molar-refractivity contribution in [2.45, 2.75) is 12.8 Å². The fraction of sp³-hybridized carbons (Fsp3) is 0.333. The molecule has 0 aliphatic heterocycles. The molecule has 5 nitrogen and oxygen atoms in total. The van der Waals surface area contributed by atoms with Crippen molar-refractivity contribution in [2.24, 2.45) is 0 Å². The van der Waals surface area contributed by atoms with Gasteiger partial charge in [0.2, 0.25) is 5.91 Å². The highest BCUT2D eigenvalue weighted by Crippen LogP contribution is 2.31. The summed E-state index contributed by atoms with van der Waals surface area (Å²) in [5.74, 6) is 0.876. The third-order valence-corrected chi connectivity index (χ3v) is 5.42. The van der Waals surface area contributed by atoms with Crippen LogP contribution in [-0.4, -0.2) is 50.1 Å². The molecule has 1 amide bonds. The van der Waals surface area contributed by atoms with Crippen molar-refractivity contribution < 1.29 is 9.53 Å². The molecule has 0 N–H and O–H groups in total. The predicted octanol–water partition coefficient (Wildman–Crippen LogP) is 4.25. The van der Waals surface area contributed by atoms with Gasteiger partial charge in [0.15, 0.2) is 5.13 Å². The highest BCUT2D eigenvalue weighted by Gasteiger charge is 2.20. The molecule has 0 fully saturated rings. The van der Waals surface area contributed by atoms with E-state index >= 15 is 0 Å². The summed E-state index contributed by atoms with van der Waals surface area (Å²) in [4.78, 5) is 21.6. The molecule has 0 aliphatic carbocycles. The van der Waals surface area contributed by atoms with Crippen molar-refractivity contribution in [2.75, 3.05) is 39.2 Å². The monoisotopic (exact) mass is 419 g/mol. The van der Waals surface area contributed by atoms with E-state index in [4.69, 9.17) is 9.72 Å². The minimum atomic E-state index is 0. The normalized spacial score (nSPS) is 10.7. The third kappa shape index (κ3) is 5.67. The maximum Gasteiger partial charge on any atom is 0.229 e. The molecule has 3 rings (SSSR count). The van der Waals surface area contributed by atoms with Gasteiger partial charge in [-0.05, 0) is 38.2 Å². The minimum absolute atomic E-state index is 0. The molecule has 0 spiro atoms. The Hall–Kier alpha value is -2.15. The molecular weight excluding hydrogens is 394 g/mol. The molecular formula is C21H26ClN3O2S. The van der Waals surface area contributed by atoms with Crippen LogP contribution in [0.2, 0.25) is 0 Å². The summed E-state index contributed by atoms with van der Waals surface area (Å²) in [5, 5.41) is 0.748. The summed E-state index contributed by atoms with van der Waals surface area (Å²) < 4.78 is 6.34. The molecule has 0 saturated heterocycles. The van der Waals surface area contributed by atoms with E-state index in [9.17, 15) is 4.79 Å². The quantitative estimate of drug-likeness (QED) is 0.547. The number of thiazole rings is 1. The first-order valence-corrected chi connectivity index (χ1v) is 9.82. The summed E-state index contributed by atoms with van der Waals surface area (Å²) in [7, 11) is 5.66. The van der Waals surface area contributed by atoms with Crippen LogP contribution >= 0.6 is 23.7 Å². The number of halogens is 1. The molecule has 0 atom stereocenters. The fourth-order valence-electron chi connectivity index (χ4n) is 2.80. The van der Waals surface area contributed by atoms with E-state index in [1.54, 1.807) is 18.4 Å². The van der Waals surface area contributed by atoms with Crippen LogP contribution < -0.4 is 9.64 Å². The first-order chi connectivity index (χ1) is 13.1. The highest BCUT2D eigenvalue weighted by atomic mass is 35.5. The van der Waals surface area contributed by atoms with Crippen molar-refractivity contribution in [3.8, 4) is 5.75 Å². The molecule has 7 heteroatoms. The topological polar surface area (TPSA) is 45.7 Å². The Balaban J connectivity index is 0.00000280. The average Bonchev–Trinajstić information content (AvgIpc) is 3.09. The Labute approximate surface area is 176 Å². The van der Waals surface area contributed by atoms with Crippen molar-refractivity contribution in [3.63, 3.8) is 0 Å². The summed E-state index contributed by atoms with van der Waals surface area (Å²) in [6.07, 6.45) is 1.20. The van der Waals surface area contributed by atoms with Gasteiger partial charge in [-0.25, -0.2) is 4.98 Å². The number of ether oxygens (including phenoxy) is 1. The number of carbonyl (C=O) groups excluding carboxylic acids is 1. The molecule has 0 bridgehead atoms. The lowest BCUT2D eigenvalue weighted by Crippen LogP contribution is -2.36. The van der Waals surface area contributed by atoms with Crippen LogP contribution in [0.1, 0.15) is 12.0 Å². The number of methoxy groups -OCH3 is 1. The van der Waals surface area contributed by atoms with Crippen molar-refractivity contribution in [1.29, 1.82) is 0 Å². The van der Waals surface area contributed by atoms with E-state index in [2.05, 4.69) is 17.0 Å². The molecule has 0 aliphatic rings. The zero-order valence-corrected chi connectivity index (χ0v) is 18.1. The van der Waals surface area contributed by atoms with E-state index in [0.717, 1.165) is 34.1 Å². The molecule has 3 aromatic rings. The maximum absolute atomic E-state index is 13.0. The van der Waals surface area contributed by atoms with Crippen molar-refractivity contribution >= 4 is 45.0 Å². The van der Waals surface area contributed by atoms with Crippen LogP contribution in [0.3, 0.4) is 0 Å². The molecule has 0 saturated carbocycles. The summed E-state index contributed by atoms with van der Waals surface area (Å²) >= 11 is 1.55. The Morgan fingerprint density at radius 2 is 1.86 bits per heavy atom. The Morgan fingerprint density at radius 3 is 2.54 bits per heavy atom. The van der Waals surface area contributed by atoms with Gasteiger partial charge in [-0.3, -0.25) is 9.69 Å². The smallest absolute Gasteiger partial charge is 0.229 e. The number of nitrogens with zero attached hydrogens (tertiary/aromatic N) is 3. The van der Waals surface area contributed by atoms with E-state index in [1.165, 1.54) is 5.56 Å². The predicted molar refractivity (Wildman–Crippen MR) is 119 cm³/mol. The number of benzene rings is 2. The second-order valence-corrected chi connectivity index (χ2v) is 7.67. The van der Waals surface area contributed by atoms with Crippen LogP contribution in [0.25, 0.3) is 10.2 Å². The number of hydrogen-bond acceptors (Lipinski definition) is 5. The van der Waals surface area contributed by atoms with Gasteiger partial charge in [0.05, 0.1) is 17.3 Å². The zero-order valence-electron chi connectivity index (χ0n) is 16.4. The van der Waals surface area contributed by atoms with Crippen LogP contribution in [0, 0.1) is 0 Å². The SMILES string of the molecule is COc1ccc2sc(N(CCN(C)C)C(=O)CCc3ccccc3)nc2c1.Cl. The van der Waals surface area contributed by atoms with Gasteiger partial charge in [-0.15, -0.1) is 12.4 Å². The van der Waals surface area contributed by atoms with E-state index < -0.39 is 0 Å². The van der Waals surface area contributed by atoms with Gasteiger partial charge >= 0.3 is 0 Å². The number of carbonyl (C=O) groups is 1. The lowest BCUT2D eigenvalue weighted by atomic mass is 10.1. The van der Waals surface area contributed by atoms with E-state index in [1.807, 2.05) is 55.4 Å². The second kappa shape index (κ2) is 10.4. The number of hydrogen-bond donors (Lipinski definition) is 0. The number of fused-ring (bicyclic) bond motifs is 1. The standard InChI is InChI=1S/C21H25N3O2S.ClH/c1-23(2)13-14-24(20(25)12-9-16-7-5-4-6-8-16)21-22-18-15-17(26-3)10-11-19(18)27-21;/h4-8,10-11,15H,9,12-14H2,1-3H3;1H. The van der Waals surface area contributed by atoms with Crippen molar-refractivity contribution in [3.05, 3.63) is 54.1 Å². The van der Waals surface area contributed by atoms with E-state index in [-0.39, 0.29) is 18.3 Å². The Bertz CT molecular complexity index is 899.